The molecular weight excluding hydrogens is 138 g/mol. The summed E-state index contributed by atoms with van der Waals surface area (Å²) in [6.07, 6.45) is 7.65. The average molecular weight is 153 g/mol. The van der Waals surface area contributed by atoms with Crippen molar-refractivity contribution in [3.05, 3.63) is 12.2 Å². The van der Waals surface area contributed by atoms with E-state index in [9.17, 15) is 5.11 Å². The lowest BCUT2D eigenvalue weighted by Gasteiger charge is -2.20. The predicted molar refractivity (Wildman–Crippen MR) is 44.3 cm³/mol. The van der Waals surface area contributed by atoms with Gasteiger partial charge in [0.2, 0.25) is 0 Å². The molecule has 0 aromatic carbocycles. The number of hydrogen-bond acceptors (Lipinski definition) is 2. The smallest absolute Gasteiger partial charge is 0.0586 e. The van der Waals surface area contributed by atoms with E-state index >= 15 is 0 Å². The van der Waals surface area contributed by atoms with Gasteiger partial charge in [-0.25, -0.2) is 0 Å². The molecule has 0 aromatic heterocycles. The van der Waals surface area contributed by atoms with Gasteiger partial charge in [-0.15, -0.1) is 0 Å². The van der Waals surface area contributed by atoms with Gasteiger partial charge in [0.15, 0.2) is 0 Å². The fraction of sp³-hybridized carbons (Fsp3) is 0.778. The average Bonchev–Trinajstić information content (AvgIpc) is 2.55. The SMILES string of the molecule is OC1CCCC1C1C=CCN1. The molecule has 0 aromatic rings. The zero-order valence-electron chi connectivity index (χ0n) is 6.66. The van der Waals surface area contributed by atoms with E-state index in [-0.39, 0.29) is 6.10 Å². The van der Waals surface area contributed by atoms with E-state index in [1.54, 1.807) is 0 Å². The van der Waals surface area contributed by atoms with E-state index in [2.05, 4.69) is 17.5 Å². The Kier molecular flexibility index (Phi) is 1.96. The fourth-order valence-electron chi connectivity index (χ4n) is 2.17. The van der Waals surface area contributed by atoms with Gasteiger partial charge in [0.05, 0.1) is 6.10 Å². The van der Waals surface area contributed by atoms with Crippen LogP contribution in [0.5, 0.6) is 0 Å². The molecule has 3 atom stereocenters. The molecule has 0 spiro atoms. The lowest BCUT2D eigenvalue weighted by molar-refractivity contribution is 0.121. The van der Waals surface area contributed by atoms with Crippen LogP contribution in [0.4, 0.5) is 0 Å². The van der Waals surface area contributed by atoms with E-state index in [0.717, 1.165) is 13.0 Å². The van der Waals surface area contributed by atoms with Crippen LogP contribution >= 0.6 is 0 Å². The van der Waals surface area contributed by atoms with E-state index in [1.807, 2.05) is 0 Å². The fourth-order valence-corrected chi connectivity index (χ4v) is 2.17. The number of aliphatic hydroxyl groups is 1. The molecule has 62 valence electrons. The number of aliphatic hydroxyl groups excluding tert-OH is 1. The van der Waals surface area contributed by atoms with Crippen LogP contribution in [-0.4, -0.2) is 23.8 Å². The van der Waals surface area contributed by atoms with Crippen molar-refractivity contribution in [1.82, 2.24) is 5.32 Å². The van der Waals surface area contributed by atoms with Crippen LogP contribution in [0.15, 0.2) is 12.2 Å². The van der Waals surface area contributed by atoms with Gasteiger partial charge in [-0.05, 0) is 12.8 Å². The monoisotopic (exact) mass is 153 g/mol. The van der Waals surface area contributed by atoms with Crippen molar-refractivity contribution >= 4 is 0 Å². The minimum atomic E-state index is -0.0600. The highest BCUT2D eigenvalue weighted by molar-refractivity contribution is 5.06. The molecule has 1 fully saturated rings. The van der Waals surface area contributed by atoms with Crippen LogP contribution in [0.3, 0.4) is 0 Å². The van der Waals surface area contributed by atoms with Gasteiger partial charge in [-0.3, -0.25) is 0 Å². The van der Waals surface area contributed by atoms with Crippen LogP contribution in [-0.2, 0) is 0 Å². The summed E-state index contributed by atoms with van der Waals surface area (Å²) in [5.41, 5.74) is 0. The van der Waals surface area contributed by atoms with Gasteiger partial charge < -0.3 is 10.4 Å². The van der Waals surface area contributed by atoms with E-state index in [1.165, 1.54) is 12.8 Å². The summed E-state index contributed by atoms with van der Waals surface area (Å²) in [6, 6.07) is 0.451. The molecule has 1 heterocycles. The summed E-state index contributed by atoms with van der Waals surface area (Å²) < 4.78 is 0. The van der Waals surface area contributed by atoms with Crippen LogP contribution in [0.1, 0.15) is 19.3 Å². The first kappa shape index (κ1) is 7.32. The molecule has 1 saturated carbocycles. The number of rotatable bonds is 1. The summed E-state index contributed by atoms with van der Waals surface area (Å²) in [5.74, 6) is 0.480. The molecule has 2 heteroatoms. The van der Waals surface area contributed by atoms with Crippen molar-refractivity contribution in [3.63, 3.8) is 0 Å². The van der Waals surface area contributed by atoms with Crippen LogP contribution in [0, 0.1) is 5.92 Å². The normalized spacial score (nSPS) is 43.5. The largest absolute Gasteiger partial charge is 0.393 e. The maximum Gasteiger partial charge on any atom is 0.0586 e. The molecule has 0 saturated heterocycles. The van der Waals surface area contributed by atoms with Gasteiger partial charge in [-0.2, -0.15) is 0 Å². The Hall–Kier alpha value is -0.340. The van der Waals surface area contributed by atoms with E-state index in [0.29, 0.717) is 12.0 Å². The molecule has 0 radical (unpaired) electrons. The van der Waals surface area contributed by atoms with Crippen LogP contribution in [0.25, 0.3) is 0 Å². The van der Waals surface area contributed by atoms with Crippen LogP contribution < -0.4 is 5.32 Å². The van der Waals surface area contributed by atoms with Gasteiger partial charge in [0.25, 0.3) is 0 Å². The highest BCUT2D eigenvalue weighted by Gasteiger charge is 2.31. The Balaban J connectivity index is 1.97. The highest BCUT2D eigenvalue weighted by atomic mass is 16.3. The quantitative estimate of drug-likeness (QED) is 0.543. The summed E-state index contributed by atoms with van der Waals surface area (Å²) in [7, 11) is 0. The third-order valence-electron chi connectivity index (χ3n) is 2.81. The topological polar surface area (TPSA) is 32.3 Å². The van der Waals surface area contributed by atoms with Gasteiger partial charge in [0, 0.05) is 18.5 Å². The standard InChI is InChI=1S/C9H15NO/c11-9-5-1-3-7(9)8-4-2-6-10-8/h2,4,7-11H,1,3,5-6H2. The van der Waals surface area contributed by atoms with Crippen molar-refractivity contribution in [1.29, 1.82) is 0 Å². The Morgan fingerprint density at radius 1 is 1.36 bits per heavy atom. The van der Waals surface area contributed by atoms with Crippen molar-refractivity contribution in [2.45, 2.75) is 31.4 Å². The summed E-state index contributed by atoms with van der Waals surface area (Å²) in [4.78, 5) is 0. The molecule has 1 aliphatic carbocycles. The zero-order valence-corrected chi connectivity index (χ0v) is 6.66. The molecule has 2 rings (SSSR count). The molecule has 2 nitrogen and oxygen atoms in total. The Morgan fingerprint density at radius 3 is 2.82 bits per heavy atom. The first-order valence-electron chi connectivity index (χ1n) is 4.46. The molecule has 3 unspecified atom stereocenters. The Morgan fingerprint density at radius 2 is 2.27 bits per heavy atom. The van der Waals surface area contributed by atoms with E-state index < -0.39 is 0 Å². The molecule has 1 aliphatic heterocycles. The second-order valence-corrected chi connectivity index (χ2v) is 3.52. The first-order valence-corrected chi connectivity index (χ1v) is 4.46. The zero-order chi connectivity index (χ0) is 7.68. The maximum atomic E-state index is 9.58. The highest BCUT2D eigenvalue weighted by Crippen LogP contribution is 2.29. The lowest BCUT2D eigenvalue weighted by atomic mass is 9.97. The minimum absolute atomic E-state index is 0.0600. The van der Waals surface area contributed by atoms with Crippen molar-refractivity contribution in [2.24, 2.45) is 5.92 Å². The molecular formula is C9H15NO. The molecule has 2 aliphatic rings. The lowest BCUT2D eigenvalue weighted by Crippen LogP contribution is -2.34. The minimum Gasteiger partial charge on any atom is -0.393 e. The van der Waals surface area contributed by atoms with Gasteiger partial charge in [0.1, 0.15) is 0 Å². The molecule has 2 N–H and O–H groups in total. The van der Waals surface area contributed by atoms with Crippen LogP contribution in [0.2, 0.25) is 0 Å². The van der Waals surface area contributed by atoms with Crippen molar-refractivity contribution in [3.8, 4) is 0 Å². The number of hydrogen-bond donors (Lipinski definition) is 2. The molecule has 0 amide bonds. The summed E-state index contributed by atoms with van der Waals surface area (Å²) in [6.45, 7) is 0.980. The Bertz CT molecular complexity index is 167. The molecule has 11 heavy (non-hydrogen) atoms. The van der Waals surface area contributed by atoms with E-state index in [4.69, 9.17) is 0 Å². The first-order chi connectivity index (χ1) is 5.38. The van der Waals surface area contributed by atoms with Gasteiger partial charge >= 0.3 is 0 Å². The summed E-state index contributed by atoms with van der Waals surface area (Å²) >= 11 is 0. The molecule has 0 bridgehead atoms. The Labute approximate surface area is 67.3 Å². The second-order valence-electron chi connectivity index (χ2n) is 3.52. The van der Waals surface area contributed by atoms with Crippen molar-refractivity contribution in [2.75, 3.05) is 6.54 Å². The van der Waals surface area contributed by atoms with Crippen molar-refractivity contribution < 1.29 is 5.11 Å². The summed E-state index contributed by atoms with van der Waals surface area (Å²) in [5, 5.41) is 12.9. The third kappa shape index (κ3) is 1.33. The maximum absolute atomic E-state index is 9.58. The second kappa shape index (κ2) is 2.95. The van der Waals surface area contributed by atoms with Gasteiger partial charge in [-0.1, -0.05) is 18.6 Å². The number of nitrogens with one attached hydrogen (secondary N) is 1. The third-order valence-corrected chi connectivity index (χ3v) is 2.81. The predicted octanol–water partition coefficient (Wildman–Crippen LogP) is 0.675.